The monoisotopic (exact) mass is 282 g/mol. The van der Waals surface area contributed by atoms with Gasteiger partial charge in [-0.2, -0.15) is 0 Å². The average molecular weight is 282 g/mol. The SMILES string of the molecule is CC(=O)c1ccc(Oc2c(C)cccc2C(C)(C)C)cc1. The van der Waals surface area contributed by atoms with Crippen molar-refractivity contribution in [3.05, 3.63) is 59.2 Å². The van der Waals surface area contributed by atoms with Crippen LogP contribution in [0.1, 0.15) is 49.2 Å². The van der Waals surface area contributed by atoms with Crippen LogP contribution in [0.15, 0.2) is 42.5 Å². The van der Waals surface area contributed by atoms with Crippen LogP contribution in [0.25, 0.3) is 0 Å². The molecule has 0 bridgehead atoms. The smallest absolute Gasteiger partial charge is 0.159 e. The summed E-state index contributed by atoms with van der Waals surface area (Å²) in [5, 5.41) is 0. The lowest BCUT2D eigenvalue weighted by Crippen LogP contribution is -2.13. The largest absolute Gasteiger partial charge is 0.457 e. The third-order valence-corrected chi connectivity index (χ3v) is 3.50. The number of rotatable bonds is 3. The van der Waals surface area contributed by atoms with Crippen LogP contribution < -0.4 is 4.74 Å². The van der Waals surface area contributed by atoms with Crippen molar-refractivity contribution < 1.29 is 9.53 Å². The molecule has 0 aliphatic heterocycles. The number of hydrogen-bond donors (Lipinski definition) is 0. The van der Waals surface area contributed by atoms with Crippen LogP contribution in [0.4, 0.5) is 0 Å². The number of para-hydroxylation sites is 1. The van der Waals surface area contributed by atoms with Gasteiger partial charge < -0.3 is 4.74 Å². The fourth-order valence-corrected chi connectivity index (χ4v) is 2.25. The zero-order chi connectivity index (χ0) is 15.6. The number of aryl methyl sites for hydroxylation is 1. The molecule has 0 unspecified atom stereocenters. The minimum absolute atomic E-state index is 0.0146. The normalized spacial score (nSPS) is 11.3. The van der Waals surface area contributed by atoms with E-state index in [1.54, 1.807) is 19.1 Å². The van der Waals surface area contributed by atoms with Crippen molar-refractivity contribution in [3.8, 4) is 11.5 Å². The second-order valence-corrected chi connectivity index (χ2v) is 6.38. The Morgan fingerprint density at radius 3 is 2.14 bits per heavy atom. The number of hydrogen-bond acceptors (Lipinski definition) is 2. The number of carbonyl (C=O) groups excluding carboxylic acids is 1. The van der Waals surface area contributed by atoms with E-state index in [0.29, 0.717) is 5.56 Å². The van der Waals surface area contributed by atoms with E-state index in [-0.39, 0.29) is 11.2 Å². The third kappa shape index (κ3) is 3.52. The maximum atomic E-state index is 11.3. The molecule has 0 radical (unpaired) electrons. The summed E-state index contributed by atoms with van der Waals surface area (Å²) in [5.41, 5.74) is 3.00. The van der Waals surface area contributed by atoms with E-state index in [4.69, 9.17) is 4.74 Å². The van der Waals surface area contributed by atoms with Crippen molar-refractivity contribution >= 4 is 5.78 Å². The van der Waals surface area contributed by atoms with Gasteiger partial charge in [0.05, 0.1) is 0 Å². The van der Waals surface area contributed by atoms with Crippen molar-refractivity contribution in [3.63, 3.8) is 0 Å². The van der Waals surface area contributed by atoms with Crippen LogP contribution in [0.3, 0.4) is 0 Å². The van der Waals surface area contributed by atoms with Gasteiger partial charge in [0.2, 0.25) is 0 Å². The summed E-state index contributed by atoms with van der Waals surface area (Å²) in [6, 6.07) is 13.5. The van der Waals surface area contributed by atoms with Crippen LogP contribution in [0.2, 0.25) is 0 Å². The highest BCUT2D eigenvalue weighted by molar-refractivity contribution is 5.94. The van der Waals surface area contributed by atoms with Crippen molar-refractivity contribution in [1.82, 2.24) is 0 Å². The molecule has 2 aromatic rings. The van der Waals surface area contributed by atoms with E-state index in [2.05, 4.69) is 45.9 Å². The summed E-state index contributed by atoms with van der Waals surface area (Å²) in [6.07, 6.45) is 0. The van der Waals surface area contributed by atoms with Gasteiger partial charge in [0.15, 0.2) is 5.78 Å². The molecule has 110 valence electrons. The maximum Gasteiger partial charge on any atom is 0.159 e. The molecule has 0 amide bonds. The fourth-order valence-electron chi connectivity index (χ4n) is 2.25. The zero-order valence-electron chi connectivity index (χ0n) is 13.4. The van der Waals surface area contributed by atoms with Crippen LogP contribution in [0.5, 0.6) is 11.5 Å². The Hall–Kier alpha value is -2.09. The summed E-state index contributed by atoms with van der Waals surface area (Å²) in [7, 11) is 0. The van der Waals surface area contributed by atoms with E-state index in [1.807, 2.05) is 12.1 Å². The molecule has 0 saturated heterocycles. The molecule has 0 fully saturated rings. The van der Waals surface area contributed by atoms with Crippen LogP contribution in [-0.2, 0) is 5.41 Å². The Kier molecular flexibility index (Phi) is 4.17. The summed E-state index contributed by atoms with van der Waals surface area (Å²) in [4.78, 5) is 11.3. The fraction of sp³-hybridized carbons (Fsp3) is 0.316. The molecule has 2 aromatic carbocycles. The topological polar surface area (TPSA) is 26.3 Å². The molecule has 2 nitrogen and oxygen atoms in total. The van der Waals surface area contributed by atoms with Gasteiger partial charge in [-0.05, 0) is 49.1 Å². The molecule has 0 spiro atoms. The van der Waals surface area contributed by atoms with Gasteiger partial charge in [0.1, 0.15) is 11.5 Å². The average Bonchev–Trinajstić information content (AvgIpc) is 2.40. The first-order valence-electron chi connectivity index (χ1n) is 7.18. The molecule has 2 heteroatoms. The minimum Gasteiger partial charge on any atom is -0.457 e. The van der Waals surface area contributed by atoms with E-state index in [0.717, 1.165) is 17.1 Å². The van der Waals surface area contributed by atoms with Gasteiger partial charge in [0.25, 0.3) is 0 Å². The van der Waals surface area contributed by atoms with Crippen molar-refractivity contribution in [2.24, 2.45) is 0 Å². The van der Waals surface area contributed by atoms with E-state index >= 15 is 0 Å². The highest BCUT2D eigenvalue weighted by atomic mass is 16.5. The number of benzene rings is 2. The lowest BCUT2D eigenvalue weighted by Gasteiger charge is -2.24. The number of ether oxygens (including phenoxy) is 1. The lowest BCUT2D eigenvalue weighted by atomic mass is 9.85. The zero-order valence-corrected chi connectivity index (χ0v) is 13.4. The highest BCUT2D eigenvalue weighted by Gasteiger charge is 2.20. The molecule has 0 heterocycles. The molecule has 0 aliphatic carbocycles. The summed E-state index contributed by atoms with van der Waals surface area (Å²) in [5.74, 6) is 1.72. The van der Waals surface area contributed by atoms with Gasteiger partial charge in [-0.15, -0.1) is 0 Å². The summed E-state index contributed by atoms with van der Waals surface area (Å²) >= 11 is 0. The molecule has 0 N–H and O–H groups in total. The standard InChI is InChI=1S/C19H22O2/c1-13-7-6-8-17(19(3,4)5)18(13)21-16-11-9-15(10-12-16)14(2)20/h6-12H,1-5H3. The highest BCUT2D eigenvalue weighted by Crippen LogP contribution is 2.36. The van der Waals surface area contributed by atoms with E-state index in [1.165, 1.54) is 5.56 Å². The molecule has 0 atom stereocenters. The van der Waals surface area contributed by atoms with Crippen LogP contribution in [0, 0.1) is 6.92 Å². The Balaban J connectivity index is 2.37. The molecular weight excluding hydrogens is 260 g/mol. The molecule has 0 aliphatic rings. The Morgan fingerprint density at radius 1 is 1.00 bits per heavy atom. The lowest BCUT2D eigenvalue weighted by molar-refractivity contribution is 0.101. The van der Waals surface area contributed by atoms with Gasteiger partial charge in [-0.25, -0.2) is 0 Å². The summed E-state index contributed by atoms with van der Waals surface area (Å²) < 4.78 is 6.09. The molecule has 0 aromatic heterocycles. The predicted molar refractivity (Wildman–Crippen MR) is 86.4 cm³/mol. The molecular formula is C19H22O2. The number of ketones is 1. The summed E-state index contributed by atoms with van der Waals surface area (Å²) in [6.45, 7) is 10.1. The third-order valence-electron chi connectivity index (χ3n) is 3.50. The van der Waals surface area contributed by atoms with E-state index in [9.17, 15) is 4.79 Å². The number of carbonyl (C=O) groups is 1. The van der Waals surface area contributed by atoms with Gasteiger partial charge in [-0.1, -0.05) is 39.0 Å². The van der Waals surface area contributed by atoms with Crippen molar-refractivity contribution in [1.29, 1.82) is 0 Å². The van der Waals surface area contributed by atoms with Crippen LogP contribution in [-0.4, -0.2) is 5.78 Å². The Bertz CT molecular complexity index is 646. The maximum absolute atomic E-state index is 11.3. The predicted octanol–water partition coefficient (Wildman–Crippen LogP) is 5.29. The number of Topliss-reactive ketones (excluding diaryl/α,β-unsaturated/α-hetero) is 1. The molecule has 0 saturated carbocycles. The second-order valence-electron chi connectivity index (χ2n) is 6.38. The van der Waals surface area contributed by atoms with Gasteiger partial charge in [0, 0.05) is 11.1 Å². The first-order valence-corrected chi connectivity index (χ1v) is 7.18. The minimum atomic E-state index is 0.0146. The van der Waals surface area contributed by atoms with Crippen LogP contribution >= 0.6 is 0 Å². The first-order chi connectivity index (χ1) is 9.79. The van der Waals surface area contributed by atoms with Crippen molar-refractivity contribution in [2.45, 2.75) is 40.0 Å². The van der Waals surface area contributed by atoms with Crippen molar-refractivity contribution in [2.75, 3.05) is 0 Å². The first kappa shape index (κ1) is 15.3. The molecule has 2 rings (SSSR count). The van der Waals surface area contributed by atoms with E-state index < -0.39 is 0 Å². The Morgan fingerprint density at radius 2 is 1.62 bits per heavy atom. The molecule has 21 heavy (non-hydrogen) atoms. The Labute approximate surface area is 126 Å². The van der Waals surface area contributed by atoms with Gasteiger partial charge >= 0.3 is 0 Å². The second kappa shape index (κ2) is 5.72. The van der Waals surface area contributed by atoms with Gasteiger partial charge in [-0.3, -0.25) is 4.79 Å². The quantitative estimate of drug-likeness (QED) is 0.715.